The second-order valence-corrected chi connectivity index (χ2v) is 5.93. The van der Waals surface area contributed by atoms with Crippen LogP contribution in [0.4, 0.5) is 24.4 Å². The van der Waals surface area contributed by atoms with Crippen molar-refractivity contribution < 1.29 is 23.0 Å². The van der Waals surface area contributed by atoms with Crippen molar-refractivity contribution in [2.45, 2.75) is 0 Å². The molecular weight excluding hydrogens is 352 g/mol. The van der Waals surface area contributed by atoms with Gasteiger partial charge in [0.25, 0.3) is 0 Å². The largest absolute Gasteiger partial charge is 0.497 e. The number of aromatic nitrogens is 1. The van der Waals surface area contributed by atoms with Crippen LogP contribution in [0.3, 0.4) is 0 Å². The Labute approximate surface area is 145 Å². The third kappa shape index (κ3) is 3.61. The van der Waals surface area contributed by atoms with Gasteiger partial charge in [0.1, 0.15) is 22.8 Å². The second-order valence-electron chi connectivity index (χ2n) is 4.90. The minimum atomic E-state index is -0.781. The van der Waals surface area contributed by atoms with Crippen molar-refractivity contribution in [3.8, 4) is 11.5 Å². The number of rotatable bonds is 4. The first-order valence-electron chi connectivity index (χ1n) is 7.06. The molecule has 0 fully saturated rings. The Morgan fingerprint density at radius 1 is 1.12 bits per heavy atom. The summed E-state index contributed by atoms with van der Waals surface area (Å²) >= 11 is 0.966. The predicted molar refractivity (Wildman–Crippen MR) is 91.7 cm³/mol. The Morgan fingerprint density at radius 3 is 2.64 bits per heavy atom. The molecule has 2 N–H and O–H groups in total. The van der Waals surface area contributed by atoms with E-state index in [1.165, 1.54) is 14.2 Å². The zero-order chi connectivity index (χ0) is 18.0. The molecule has 0 aliphatic rings. The van der Waals surface area contributed by atoms with E-state index < -0.39 is 17.7 Å². The highest BCUT2D eigenvalue weighted by molar-refractivity contribution is 7.22. The minimum Gasteiger partial charge on any atom is -0.497 e. The molecule has 2 aromatic carbocycles. The van der Waals surface area contributed by atoms with Gasteiger partial charge in [-0.2, -0.15) is 0 Å². The van der Waals surface area contributed by atoms with Crippen molar-refractivity contribution in [3.63, 3.8) is 0 Å². The average molecular weight is 365 g/mol. The van der Waals surface area contributed by atoms with Crippen LogP contribution in [0.2, 0.25) is 0 Å². The molecule has 1 heterocycles. The van der Waals surface area contributed by atoms with E-state index in [0.717, 1.165) is 23.5 Å². The number of fused-ring (bicyclic) bond motifs is 1. The topological polar surface area (TPSA) is 72.5 Å². The number of methoxy groups -OCH3 is 2. The Bertz CT molecular complexity index is 946. The number of amides is 2. The summed E-state index contributed by atoms with van der Waals surface area (Å²) in [5.41, 5.74) is 0.419. The fourth-order valence-electron chi connectivity index (χ4n) is 2.16. The van der Waals surface area contributed by atoms with Crippen molar-refractivity contribution in [2.24, 2.45) is 0 Å². The van der Waals surface area contributed by atoms with E-state index in [9.17, 15) is 13.6 Å². The molecule has 0 aliphatic carbocycles. The monoisotopic (exact) mass is 365 g/mol. The number of hydrogen-bond acceptors (Lipinski definition) is 5. The number of halogens is 2. The highest BCUT2D eigenvalue weighted by atomic mass is 32.1. The Morgan fingerprint density at radius 2 is 1.92 bits per heavy atom. The van der Waals surface area contributed by atoms with Crippen LogP contribution in [0, 0.1) is 11.6 Å². The molecule has 2 amide bonds. The smallest absolute Gasteiger partial charge is 0.325 e. The van der Waals surface area contributed by atoms with Crippen LogP contribution >= 0.6 is 11.3 Å². The van der Waals surface area contributed by atoms with Gasteiger partial charge in [0.2, 0.25) is 0 Å². The SMILES string of the molecule is COc1ccc(NC(=O)Nc2nc3c(F)cc(F)cc3s2)c(OC)c1. The van der Waals surface area contributed by atoms with Crippen molar-refractivity contribution in [2.75, 3.05) is 24.9 Å². The summed E-state index contributed by atoms with van der Waals surface area (Å²) in [7, 11) is 2.98. The van der Waals surface area contributed by atoms with Crippen LogP contribution in [0.5, 0.6) is 11.5 Å². The number of anilines is 2. The van der Waals surface area contributed by atoms with Crippen LogP contribution in [0.15, 0.2) is 30.3 Å². The van der Waals surface area contributed by atoms with E-state index in [-0.39, 0.29) is 10.6 Å². The van der Waals surface area contributed by atoms with Crippen LogP contribution in [0.1, 0.15) is 0 Å². The Kier molecular flexibility index (Phi) is 4.66. The number of carbonyl (C=O) groups is 1. The zero-order valence-electron chi connectivity index (χ0n) is 13.2. The number of thiazole rings is 1. The number of benzene rings is 2. The number of hydrogen-bond donors (Lipinski definition) is 2. The zero-order valence-corrected chi connectivity index (χ0v) is 14.0. The van der Waals surface area contributed by atoms with Crippen molar-refractivity contribution in [1.29, 1.82) is 0 Å². The van der Waals surface area contributed by atoms with Crippen molar-refractivity contribution in [1.82, 2.24) is 4.98 Å². The van der Waals surface area contributed by atoms with Gasteiger partial charge < -0.3 is 14.8 Å². The van der Waals surface area contributed by atoms with E-state index in [4.69, 9.17) is 9.47 Å². The van der Waals surface area contributed by atoms with Gasteiger partial charge in [0.15, 0.2) is 10.9 Å². The Hall–Kier alpha value is -2.94. The van der Waals surface area contributed by atoms with E-state index in [2.05, 4.69) is 15.6 Å². The maximum absolute atomic E-state index is 13.7. The number of urea groups is 1. The molecule has 0 radical (unpaired) electrons. The van der Waals surface area contributed by atoms with Crippen LogP contribution in [0.25, 0.3) is 10.2 Å². The first kappa shape index (κ1) is 16.9. The van der Waals surface area contributed by atoms with Crippen molar-refractivity contribution >= 4 is 38.4 Å². The molecule has 3 rings (SSSR count). The molecule has 0 unspecified atom stereocenters. The number of nitrogens with one attached hydrogen (secondary N) is 2. The summed E-state index contributed by atoms with van der Waals surface area (Å²) in [6, 6.07) is 6.20. The molecule has 0 saturated carbocycles. The lowest BCUT2D eigenvalue weighted by Gasteiger charge is -2.11. The molecule has 0 saturated heterocycles. The molecule has 1 aromatic heterocycles. The molecular formula is C16H13F2N3O3S. The van der Waals surface area contributed by atoms with Crippen LogP contribution in [-0.2, 0) is 0 Å². The summed E-state index contributed by atoms with van der Waals surface area (Å²) in [6.07, 6.45) is 0. The fraction of sp³-hybridized carbons (Fsp3) is 0.125. The van der Waals surface area contributed by atoms with E-state index in [1.807, 2.05) is 0 Å². The average Bonchev–Trinajstić information content (AvgIpc) is 2.97. The third-order valence-electron chi connectivity index (χ3n) is 3.29. The van der Waals surface area contributed by atoms with E-state index in [0.29, 0.717) is 21.9 Å². The third-order valence-corrected chi connectivity index (χ3v) is 4.21. The summed E-state index contributed by atoms with van der Waals surface area (Å²) in [5.74, 6) is -0.498. The van der Waals surface area contributed by atoms with Gasteiger partial charge in [-0.1, -0.05) is 11.3 Å². The highest BCUT2D eigenvalue weighted by Gasteiger charge is 2.14. The first-order valence-corrected chi connectivity index (χ1v) is 7.87. The van der Waals surface area contributed by atoms with E-state index >= 15 is 0 Å². The molecule has 6 nitrogen and oxygen atoms in total. The predicted octanol–water partition coefficient (Wildman–Crippen LogP) is 4.24. The summed E-state index contributed by atoms with van der Waals surface area (Å²) in [5, 5.41) is 5.23. The maximum Gasteiger partial charge on any atom is 0.325 e. The highest BCUT2D eigenvalue weighted by Crippen LogP contribution is 2.31. The second kappa shape index (κ2) is 6.89. The van der Waals surface area contributed by atoms with Crippen molar-refractivity contribution in [3.05, 3.63) is 42.0 Å². The molecule has 0 atom stereocenters. The van der Waals surface area contributed by atoms with Gasteiger partial charge >= 0.3 is 6.03 Å². The summed E-state index contributed by atoms with van der Waals surface area (Å²) in [6.45, 7) is 0. The fourth-order valence-corrected chi connectivity index (χ4v) is 3.06. The quantitative estimate of drug-likeness (QED) is 0.726. The van der Waals surface area contributed by atoms with Crippen LogP contribution in [-0.4, -0.2) is 25.2 Å². The maximum atomic E-state index is 13.7. The molecule has 0 spiro atoms. The number of nitrogens with zero attached hydrogens (tertiary/aromatic N) is 1. The molecule has 130 valence electrons. The molecule has 25 heavy (non-hydrogen) atoms. The standard InChI is InChI=1S/C16H13F2N3O3S/c1-23-9-3-4-11(12(7-9)24-2)19-15(22)21-16-20-14-10(18)5-8(17)6-13(14)25-16/h3-7H,1-2H3,(H2,19,20,21,22). The van der Waals surface area contributed by atoms with Crippen LogP contribution < -0.4 is 20.1 Å². The molecule has 0 bridgehead atoms. The van der Waals surface area contributed by atoms with Gasteiger partial charge in [0, 0.05) is 12.1 Å². The van der Waals surface area contributed by atoms with Gasteiger partial charge in [-0.15, -0.1) is 0 Å². The van der Waals surface area contributed by atoms with Gasteiger partial charge in [-0.25, -0.2) is 18.6 Å². The minimum absolute atomic E-state index is 0.00345. The molecule has 0 aliphatic heterocycles. The number of carbonyl (C=O) groups excluding carboxylic acids is 1. The van der Waals surface area contributed by atoms with Gasteiger partial charge in [-0.05, 0) is 18.2 Å². The molecule has 3 aromatic rings. The normalized spacial score (nSPS) is 10.6. The lowest BCUT2D eigenvalue weighted by Crippen LogP contribution is -2.19. The van der Waals surface area contributed by atoms with Gasteiger partial charge in [-0.3, -0.25) is 5.32 Å². The molecule has 9 heteroatoms. The first-order chi connectivity index (χ1) is 12.0. The lowest BCUT2D eigenvalue weighted by molar-refractivity contribution is 0.262. The summed E-state index contributed by atoms with van der Waals surface area (Å²) in [4.78, 5) is 16.1. The number of ether oxygens (including phenoxy) is 2. The lowest BCUT2D eigenvalue weighted by atomic mass is 10.2. The Balaban J connectivity index is 1.78. The summed E-state index contributed by atoms with van der Waals surface area (Å²) < 4.78 is 37.5. The van der Waals surface area contributed by atoms with E-state index in [1.54, 1.807) is 18.2 Å². The van der Waals surface area contributed by atoms with Gasteiger partial charge in [0.05, 0.1) is 24.6 Å².